The molecule has 28 heavy (non-hydrogen) atoms. The van der Waals surface area contributed by atoms with E-state index in [9.17, 15) is 0 Å². The topological polar surface area (TPSA) is 86.7 Å². The molecule has 0 fully saturated rings. The van der Waals surface area contributed by atoms with E-state index in [4.69, 9.17) is 4.98 Å². The van der Waals surface area contributed by atoms with E-state index in [1.165, 1.54) is 0 Å². The van der Waals surface area contributed by atoms with Crippen molar-refractivity contribution in [3.05, 3.63) is 64.9 Å². The first kappa shape index (κ1) is 18.0. The van der Waals surface area contributed by atoms with Crippen molar-refractivity contribution in [2.24, 2.45) is 7.05 Å². The molecule has 0 bridgehead atoms. The number of nitrogens with zero attached hydrogens (tertiary/aromatic N) is 8. The summed E-state index contributed by atoms with van der Waals surface area (Å²) < 4.78 is 3.96. The lowest BCUT2D eigenvalue weighted by molar-refractivity contribution is 0.739. The van der Waals surface area contributed by atoms with Crippen LogP contribution in [0.1, 0.15) is 40.1 Å². The summed E-state index contributed by atoms with van der Waals surface area (Å²) in [5.74, 6) is 1.80. The van der Waals surface area contributed by atoms with Crippen molar-refractivity contribution in [2.75, 3.05) is 0 Å². The van der Waals surface area contributed by atoms with E-state index >= 15 is 0 Å². The van der Waals surface area contributed by atoms with Gasteiger partial charge < -0.3 is 4.57 Å². The van der Waals surface area contributed by atoms with Crippen molar-refractivity contribution in [1.29, 1.82) is 0 Å². The fraction of sp³-hybridized carbons (Fsp3) is 0.300. The predicted molar refractivity (Wildman–Crippen MR) is 107 cm³/mol. The van der Waals surface area contributed by atoms with Gasteiger partial charge in [-0.1, -0.05) is 0 Å². The third kappa shape index (κ3) is 3.40. The minimum Gasteiger partial charge on any atom is -0.331 e. The average Bonchev–Trinajstić information content (AvgIpc) is 3.25. The monoisotopic (exact) mass is 374 g/mol. The van der Waals surface area contributed by atoms with E-state index in [1.807, 2.05) is 50.7 Å². The molecule has 0 saturated carbocycles. The fourth-order valence-electron chi connectivity index (χ4n) is 3.19. The maximum Gasteiger partial charge on any atom is 0.177 e. The van der Waals surface area contributed by atoms with Crippen molar-refractivity contribution in [1.82, 2.24) is 39.1 Å². The second-order valence-corrected chi connectivity index (χ2v) is 6.77. The van der Waals surface area contributed by atoms with Gasteiger partial charge in [-0.25, -0.2) is 14.5 Å². The lowest BCUT2D eigenvalue weighted by Crippen LogP contribution is -2.03. The number of fused-ring (bicyclic) bond motifs is 1. The SMILES string of the molecule is Cc1nc(CCc2nc3c(C)ncc(C)n3n2)n(C)c1/C=C\c1cnccn1. The highest BCUT2D eigenvalue weighted by atomic mass is 15.3. The van der Waals surface area contributed by atoms with Gasteiger partial charge in [0.15, 0.2) is 11.5 Å². The molecular weight excluding hydrogens is 352 g/mol. The molecular formula is C20H22N8. The van der Waals surface area contributed by atoms with Crippen molar-refractivity contribution < 1.29 is 0 Å². The van der Waals surface area contributed by atoms with E-state index in [0.717, 1.165) is 58.6 Å². The first-order valence-electron chi connectivity index (χ1n) is 9.17. The summed E-state index contributed by atoms with van der Waals surface area (Å²) in [5, 5.41) is 4.62. The van der Waals surface area contributed by atoms with E-state index in [1.54, 1.807) is 18.6 Å². The zero-order valence-electron chi connectivity index (χ0n) is 16.5. The van der Waals surface area contributed by atoms with Gasteiger partial charge in [0, 0.05) is 38.5 Å². The van der Waals surface area contributed by atoms with Crippen molar-refractivity contribution in [3.8, 4) is 0 Å². The summed E-state index contributed by atoms with van der Waals surface area (Å²) >= 11 is 0. The summed E-state index contributed by atoms with van der Waals surface area (Å²) in [6.07, 6.45) is 12.4. The zero-order valence-corrected chi connectivity index (χ0v) is 16.5. The Labute approximate surface area is 163 Å². The molecule has 0 aliphatic heterocycles. The van der Waals surface area contributed by atoms with E-state index in [0.29, 0.717) is 0 Å². The Kier molecular flexibility index (Phi) is 4.68. The molecule has 142 valence electrons. The first-order valence-corrected chi connectivity index (χ1v) is 9.17. The molecule has 4 aromatic rings. The van der Waals surface area contributed by atoms with Crippen LogP contribution >= 0.6 is 0 Å². The molecule has 0 unspecified atom stereocenters. The van der Waals surface area contributed by atoms with Crippen LogP contribution in [0, 0.1) is 20.8 Å². The van der Waals surface area contributed by atoms with Crippen LogP contribution in [-0.4, -0.2) is 39.1 Å². The lowest BCUT2D eigenvalue weighted by atomic mass is 10.3. The molecule has 4 rings (SSSR count). The van der Waals surface area contributed by atoms with Gasteiger partial charge >= 0.3 is 0 Å². The number of aryl methyl sites for hydroxylation is 5. The van der Waals surface area contributed by atoms with Crippen LogP contribution in [0.4, 0.5) is 0 Å². The summed E-state index contributed by atoms with van der Waals surface area (Å²) in [6.45, 7) is 5.95. The Morgan fingerprint density at radius 1 is 0.929 bits per heavy atom. The zero-order chi connectivity index (χ0) is 19.7. The molecule has 0 amide bonds. The van der Waals surface area contributed by atoms with Gasteiger partial charge in [-0.2, -0.15) is 5.10 Å². The quantitative estimate of drug-likeness (QED) is 0.533. The maximum atomic E-state index is 4.73. The van der Waals surface area contributed by atoms with E-state index in [2.05, 4.69) is 29.6 Å². The van der Waals surface area contributed by atoms with Gasteiger partial charge in [-0.05, 0) is 32.9 Å². The van der Waals surface area contributed by atoms with Gasteiger partial charge in [0.1, 0.15) is 5.82 Å². The molecule has 0 aliphatic carbocycles. The third-order valence-electron chi connectivity index (χ3n) is 4.74. The highest BCUT2D eigenvalue weighted by molar-refractivity contribution is 5.67. The summed E-state index contributed by atoms with van der Waals surface area (Å²) in [4.78, 5) is 22.1. The van der Waals surface area contributed by atoms with Gasteiger partial charge in [0.25, 0.3) is 0 Å². The van der Waals surface area contributed by atoms with E-state index in [-0.39, 0.29) is 0 Å². The normalized spacial score (nSPS) is 11.7. The third-order valence-corrected chi connectivity index (χ3v) is 4.74. The van der Waals surface area contributed by atoms with Crippen LogP contribution < -0.4 is 0 Å². The minimum absolute atomic E-state index is 0.720. The predicted octanol–water partition coefficient (Wildman–Crippen LogP) is 2.53. The molecule has 0 atom stereocenters. The highest BCUT2D eigenvalue weighted by Gasteiger charge is 2.13. The number of hydrogen-bond acceptors (Lipinski definition) is 6. The van der Waals surface area contributed by atoms with Gasteiger partial charge in [-0.15, -0.1) is 0 Å². The molecule has 0 saturated heterocycles. The maximum absolute atomic E-state index is 4.73. The standard InChI is InChI=1S/C20H22N8/c1-13-11-23-15(3)20-25-18(26-28(13)20)7-8-19-24-14(2)17(27(19)4)6-5-16-12-21-9-10-22-16/h5-6,9-12H,7-8H2,1-4H3/b6-5-. The molecule has 0 spiro atoms. The van der Waals surface area contributed by atoms with Crippen molar-refractivity contribution >= 4 is 17.8 Å². The number of imidazole rings is 1. The van der Waals surface area contributed by atoms with Crippen LogP contribution in [-0.2, 0) is 19.9 Å². The summed E-state index contributed by atoms with van der Waals surface area (Å²) in [6, 6.07) is 0. The van der Waals surface area contributed by atoms with Crippen LogP contribution in [0.15, 0.2) is 24.8 Å². The lowest BCUT2D eigenvalue weighted by Gasteiger charge is -2.02. The molecule has 0 N–H and O–H groups in total. The Morgan fingerprint density at radius 2 is 1.79 bits per heavy atom. The van der Waals surface area contributed by atoms with Gasteiger partial charge in [0.2, 0.25) is 0 Å². The number of rotatable bonds is 5. The van der Waals surface area contributed by atoms with Crippen LogP contribution in [0.2, 0.25) is 0 Å². The second-order valence-electron chi connectivity index (χ2n) is 6.77. The smallest absolute Gasteiger partial charge is 0.177 e. The molecule has 0 radical (unpaired) electrons. The molecule has 0 aromatic carbocycles. The number of aromatic nitrogens is 8. The Hall–Kier alpha value is -3.42. The Balaban J connectivity index is 1.54. The molecule has 8 heteroatoms. The van der Waals surface area contributed by atoms with Crippen LogP contribution in [0.25, 0.3) is 17.8 Å². The highest BCUT2D eigenvalue weighted by Crippen LogP contribution is 2.15. The Morgan fingerprint density at radius 3 is 2.54 bits per heavy atom. The Bertz CT molecular complexity index is 1120. The minimum atomic E-state index is 0.720. The van der Waals surface area contributed by atoms with Crippen LogP contribution in [0.3, 0.4) is 0 Å². The summed E-state index contributed by atoms with van der Waals surface area (Å²) in [7, 11) is 2.03. The van der Waals surface area contributed by atoms with Crippen molar-refractivity contribution in [2.45, 2.75) is 33.6 Å². The fourth-order valence-corrected chi connectivity index (χ4v) is 3.19. The molecule has 4 heterocycles. The van der Waals surface area contributed by atoms with Crippen LogP contribution in [0.5, 0.6) is 0 Å². The molecule has 4 aromatic heterocycles. The van der Waals surface area contributed by atoms with Gasteiger partial charge in [-0.3, -0.25) is 15.0 Å². The summed E-state index contributed by atoms with van der Waals surface area (Å²) in [5.41, 5.74) is 5.53. The van der Waals surface area contributed by atoms with Gasteiger partial charge in [0.05, 0.1) is 34.7 Å². The second kappa shape index (κ2) is 7.30. The van der Waals surface area contributed by atoms with Crippen molar-refractivity contribution in [3.63, 3.8) is 0 Å². The first-order chi connectivity index (χ1) is 13.5. The molecule has 0 aliphatic rings. The molecule has 8 nitrogen and oxygen atoms in total. The number of hydrogen-bond donors (Lipinski definition) is 0. The average molecular weight is 374 g/mol. The largest absolute Gasteiger partial charge is 0.331 e. The van der Waals surface area contributed by atoms with E-state index < -0.39 is 0 Å².